The lowest BCUT2D eigenvalue weighted by molar-refractivity contribution is 0.412. The molecule has 1 atom stereocenters. The molecule has 0 aliphatic carbocycles. The van der Waals surface area contributed by atoms with E-state index in [1.54, 1.807) is 6.92 Å². The molecule has 3 rings (SSSR count). The van der Waals surface area contributed by atoms with E-state index in [-0.39, 0.29) is 17.1 Å². The van der Waals surface area contributed by atoms with Crippen molar-refractivity contribution in [3.8, 4) is 5.75 Å². The Balaban J connectivity index is 1.88. The van der Waals surface area contributed by atoms with Crippen LogP contribution in [0.25, 0.3) is 0 Å². The fourth-order valence-corrected chi connectivity index (χ4v) is 4.34. The number of benzene rings is 2. The normalized spacial score (nSPS) is 12.4. The number of methoxy groups -OCH3 is 1. The molecule has 0 radical (unpaired) electrons. The number of ether oxygens (including phenoxy) is 1. The quantitative estimate of drug-likeness (QED) is 0.560. The molecule has 1 heterocycles. The molecule has 1 unspecified atom stereocenters. The third kappa shape index (κ3) is 4.62. The van der Waals surface area contributed by atoms with Gasteiger partial charge in [0.05, 0.1) is 18.7 Å². The van der Waals surface area contributed by atoms with Crippen molar-refractivity contribution < 1.29 is 26.3 Å². The third-order valence-corrected chi connectivity index (χ3v) is 5.98. The van der Waals surface area contributed by atoms with Crippen LogP contribution in [0.5, 0.6) is 5.75 Å². The van der Waals surface area contributed by atoms with Gasteiger partial charge in [-0.1, -0.05) is 0 Å². The van der Waals surface area contributed by atoms with Crippen LogP contribution in [0.4, 0.5) is 24.7 Å². The topological polar surface area (TPSA) is 80.3 Å². The smallest absolute Gasteiger partial charge is 0.268 e. The molecule has 2 aromatic carbocycles. The first kappa shape index (κ1) is 20.9. The lowest BCUT2D eigenvalue weighted by atomic mass is 10.1. The molecule has 0 amide bonds. The largest absolute Gasteiger partial charge is 0.497 e. The van der Waals surface area contributed by atoms with Crippen molar-refractivity contribution in [2.45, 2.75) is 17.9 Å². The van der Waals surface area contributed by atoms with Gasteiger partial charge in [-0.05, 0) is 37.3 Å². The second-order valence-corrected chi connectivity index (χ2v) is 8.34. The number of anilines is 2. The molecule has 1 aromatic heterocycles. The summed E-state index contributed by atoms with van der Waals surface area (Å²) in [5, 5.41) is 4.14. The summed E-state index contributed by atoms with van der Waals surface area (Å²) in [5.41, 5.74) is 1.53. The molecule has 0 spiro atoms. The van der Waals surface area contributed by atoms with E-state index >= 15 is 0 Å². The highest BCUT2D eigenvalue weighted by atomic mass is 32.2. The lowest BCUT2D eigenvalue weighted by Crippen LogP contribution is -2.17. The Labute approximate surface area is 169 Å². The number of hydrogen-bond donors (Lipinski definition) is 2. The third-order valence-electron chi connectivity index (χ3n) is 3.99. The molecular formula is C18H16F3N3O3S2. The van der Waals surface area contributed by atoms with Gasteiger partial charge >= 0.3 is 0 Å². The molecular weight excluding hydrogens is 427 g/mol. The maximum Gasteiger partial charge on any atom is 0.268 e. The maximum atomic E-state index is 14.5. The molecule has 0 aliphatic rings. The van der Waals surface area contributed by atoms with Gasteiger partial charge in [0, 0.05) is 16.6 Å². The number of hydrogen-bond acceptors (Lipinski definition) is 6. The van der Waals surface area contributed by atoms with Crippen molar-refractivity contribution in [3.63, 3.8) is 0 Å². The molecule has 0 aliphatic heterocycles. The zero-order chi connectivity index (χ0) is 21.2. The average Bonchev–Trinajstić information content (AvgIpc) is 3.13. The Bertz CT molecular complexity index is 1100. The zero-order valence-electron chi connectivity index (χ0n) is 15.2. The number of aromatic nitrogens is 1. The first-order valence-corrected chi connectivity index (χ1v) is 10.6. The maximum absolute atomic E-state index is 14.5. The van der Waals surface area contributed by atoms with Crippen molar-refractivity contribution in [3.05, 3.63) is 64.2 Å². The summed E-state index contributed by atoms with van der Waals surface area (Å²) in [6, 6.07) is 5.09. The van der Waals surface area contributed by atoms with Gasteiger partial charge < -0.3 is 10.1 Å². The number of thiazole rings is 1. The Hall–Kier alpha value is -2.79. The minimum absolute atomic E-state index is 0.0434. The van der Waals surface area contributed by atoms with Gasteiger partial charge in [-0.3, -0.25) is 4.72 Å². The standard InChI is InChI=1S/C18H16F3N3O3S2/c1-10(13-7-12(27-2)3-4-14(13)19)23-11-5-15(20)18(16(21)6-11)29(25,26)24-17-8-28-9-22-17/h3-10,23-24H,1-2H3. The Kier molecular flexibility index (Phi) is 5.99. The summed E-state index contributed by atoms with van der Waals surface area (Å²) >= 11 is 1.12. The highest BCUT2D eigenvalue weighted by Gasteiger charge is 2.26. The van der Waals surface area contributed by atoms with Gasteiger partial charge in [0.1, 0.15) is 23.2 Å². The fourth-order valence-electron chi connectivity index (χ4n) is 2.66. The van der Waals surface area contributed by atoms with Crippen molar-refractivity contribution in [2.24, 2.45) is 0 Å². The van der Waals surface area contributed by atoms with Gasteiger partial charge in [0.15, 0.2) is 10.7 Å². The van der Waals surface area contributed by atoms with Crippen LogP contribution in [0.2, 0.25) is 0 Å². The number of rotatable bonds is 7. The van der Waals surface area contributed by atoms with E-state index in [1.165, 1.54) is 36.2 Å². The van der Waals surface area contributed by atoms with Crippen LogP contribution in [-0.4, -0.2) is 20.5 Å². The zero-order valence-corrected chi connectivity index (χ0v) is 16.9. The van der Waals surface area contributed by atoms with E-state index < -0.39 is 38.4 Å². The number of nitrogens with zero attached hydrogens (tertiary/aromatic N) is 1. The van der Waals surface area contributed by atoms with Crippen molar-refractivity contribution in [1.82, 2.24) is 4.98 Å². The molecule has 0 saturated carbocycles. The van der Waals surface area contributed by atoms with Crippen LogP contribution in [0.3, 0.4) is 0 Å². The monoisotopic (exact) mass is 443 g/mol. The van der Waals surface area contributed by atoms with Gasteiger partial charge in [-0.2, -0.15) is 0 Å². The Morgan fingerprint density at radius 1 is 1.10 bits per heavy atom. The number of nitrogens with one attached hydrogen (secondary N) is 2. The molecule has 0 fully saturated rings. The molecule has 29 heavy (non-hydrogen) atoms. The van der Waals surface area contributed by atoms with E-state index in [2.05, 4.69) is 10.3 Å². The summed E-state index contributed by atoms with van der Waals surface area (Å²) < 4.78 is 74.7. The van der Waals surface area contributed by atoms with Crippen molar-refractivity contribution in [1.29, 1.82) is 0 Å². The van der Waals surface area contributed by atoms with Gasteiger partial charge in [0.2, 0.25) is 0 Å². The van der Waals surface area contributed by atoms with Crippen LogP contribution in [0, 0.1) is 17.5 Å². The molecule has 11 heteroatoms. The molecule has 2 N–H and O–H groups in total. The minimum Gasteiger partial charge on any atom is -0.497 e. The fraction of sp³-hybridized carbons (Fsp3) is 0.167. The van der Waals surface area contributed by atoms with E-state index in [1.807, 2.05) is 4.72 Å². The van der Waals surface area contributed by atoms with Crippen LogP contribution >= 0.6 is 11.3 Å². The second-order valence-electron chi connectivity index (χ2n) is 6.00. The number of halogens is 3. The summed E-state index contributed by atoms with van der Waals surface area (Å²) in [6.07, 6.45) is 0. The predicted octanol–water partition coefficient (Wildman–Crippen LogP) is 4.54. The first-order chi connectivity index (χ1) is 13.7. The summed E-state index contributed by atoms with van der Waals surface area (Å²) in [4.78, 5) is 2.60. The summed E-state index contributed by atoms with van der Waals surface area (Å²) in [6.45, 7) is 1.59. The van der Waals surface area contributed by atoms with Gasteiger partial charge in [-0.25, -0.2) is 26.6 Å². The predicted molar refractivity (Wildman–Crippen MR) is 104 cm³/mol. The van der Waals surface area contributed by atoms with Gasteiger partial charge in [-0.15, -0.1) is 11.3 Å². The summed E-state index contributed by atoms with van der Waals surface area (Å²) in [7, 11) is -3.09. The van der Waals surface area contributed by atoms with Crippen LogP contribution in [0.1, 0.15) is 18.5 Å². The average molecular weight is 443 g/mol. The SMILES string of the molecule is COc1ccc(F)c(C(C)Nc2cc(F)c(S(=O)(=O)Nc3cscn3)c(F)c2)c1. The highest BCUT2D eigenvalue weighted by Crippen LogP contribution is 2.29. The van der Waals surface area contributed by atoms with E-state index in [9.17, 15) is 21.6 Å². The second kappa shape index (κ2) is 8.29. The van der Waals surface area contributed by atoms with E-state index in [0.717, 1.165) is 23.5 Å². The van der Waals surface area contributed by atoms with Crippen LogP contribution in [0.15, 0.2) is 46.1 Å². The minimum atomic E-state index is -4.52. The summed E-state index contributed by atoms with van der Waals surface area (Å²) in [5.74, 6) is -2.75. The van der Waals surface area contributed by atoms with Crippen molar-refractivity contribution in [2.75, 3.05) is 17.1 Å². The molecule has 154 valence electrons. The van der Waals surface area contributed by atoms with Crippen LogP contribution in [-0.2, 0) is 10.0 Å². The molecule has 0 bridgehead atoms. The molecule has 3 aromatic rings. The van der Waals surface area contributed by atoms with Crippen LogP contribution < -0.4 is 14.8 Å². The highest BCUT2D eigenvalue weighted by molar-refractivity contribution is 7.92. The van der Waals surface area contributed by atoms with Gasteiger partial charge in [0.25, 0.3) is 10.0 Å². The Morgan fingerprint density at radius 3 is 2.38 bits per heavy atom. The first-order valence-electron chi connectivity index (χ1n) is 8.21. The van der Waals surface area contributed by atoms with E-state index in [0.29, 0.717) is 5.75 Å². The lowest BCUT2D eigenvalue weighted by Gasteiger charge is -2.18. The Morgan fingerprint density at radius 2 is 1.79 bits per heavy atom. The van der Waals surface area contributed by atoms with Crippen molar-refractivity contribution >= 4 is 32.9 Å². The molecule has 6 nitrogen and oxygen atoms in total. The number of sulfonamides is 1. The molecule has 0 saturated heterocycles. The van der Waals surface area contributed by atoms with E-state index in [4.69, 9.17) is 4.74 Å².